The molecule has 0 aliphatic carbocycles. The lowest BCUT2D eigenvalue weighted by molar-refractivity contribution is 0.0122. The quantitative estimate of drug-likeness (QED) is 0.660. The first-order valence-corrected chi connectivity index (χ1v) is 8.22. The molecule has 2 fully saturated rings. The van der Waals surface area contributed by atoms with Crippen molar-refractivity contribution in [1.29, 1.82) is 0 Å². The predicted octanol–water partition coefficient (Wildman–Crippen LogP) is 0.539. The zero-order valence-electron chi connectivity index (χ0n) is 12.8. The van der Waals surface area contributed by atoms with Gasteiger partial charge in [-0.25, -0.2) is 0 Å². The third kappa shape index (κ3) is 5.66. The number of rotatable bonds is 8. The lowest BCUT2D eigenvalue weighted by Crippen LogP contribution is -2.44. The van der Waals surface area contributed by atoms with Crippen LogP contribution in [0, 0.1) is 0 Å². The molecular weight excluding hydrogens is 254 g/mol. The minimum atomic E-state index is 0.661. The molecule has 2 rings (SSSR count). The van der Waals surface area contributed by atoms with Crippen LogP contribution in [0.2, 0.25) is 0 Å². The van der Waals surface area contributed by atoms with Crippen molar-refractivity contribution < 1.29 is 9.47 Å². The van der Waals surface area contributed by atoms with Crippen molar-refractivity contribution in [2.45, 2.75) is 31.7 Å². The van der Waals surface area contributed by atoms with Crippen LogP contribution in [0.1, 0.15) is 25.7 Å². The minimum Gasteiger partial charge on any atom is -0.379 e. The average molecular weight is 285 g/mol. The Kier molecular flexibility index (Phi) is 7.83. The summed E-state index contributed by atoms with van der Waals surface area (Å²) in [5.41, 5.74) is 5.78. The van der Waals surface area contributed by atoms with Gasteiger partial charge in [-0.1, -0.05) is 6.42 Å². The van der Waals surface area contributed by atoms with Crippen molar-refractivity contribution in [3.8, 4) is 0 Å². The van der Waals surface area contributed by atoms with Crippen molar-refractivity contribution in [1.82, 2.24) is 9.80 Å². The Morgan fingerprint density at radius 3 is 2.15 bits per heavy atom. The maximum atomic E-state index is 5.78. The highest BCUT2D eigenvalue weighted by Crippen LogP contribution is 2.14. The first-order chi connectivity index (χ1) is 9.90. The van der Waals surface area contributed by atoms with E-state index in [0.717, 1.165) is 65.6 Å². The first kappa shape index (κ1) is 16.2. The molecule has 118 valence electrons. The van der Waals surface area contributed by atoms with E-state index in [1.54, 1.807) is 0 Å². The van der Waals surface area contributed by atoms with E-state index >= 15 is 0 Å². The Hall–Kier alpha value is -0.200. The van der Waals surface area contributed by atoms with Crippen LogP contribution in [0.5, 0.6) is 0 Å². The molecule has 5 heteroatoms. The van der Waals surface area contributed by atoms with Gasteiger partial charge in [0.05, 0.1) is 26.4 Å². The van der Waals surface area contributed by atoms with Gasteiger partial charge < -0.3 is 15.2 Å². The zero-order valence-corrected chi connectivity index (χ0v) is 12.8. The second-order valence-corrected chi connectivity index (χ2v) is 5.83. The molecule has 0 aromatic heterocycles. The van der Waals surface area contributed by atoms with E-state index in [4.69, 9.17) is 15.2 Å². The number of ether oxygens (including phenoxy) is 2. The number of hydrogen-bond acceptors (Lipinski definition) is 5. The van der Waals surface area contributed by atoms with E-state index < -0.39 is 0 Å². The monoisotopic (exact) mass is 285 g/mol. The Morgan fingerprint density at radius 2 is 1.50 bits per heavy atom. The van der Waals surface area contributed by atoms with Crippen molar-refractivity contribution in [3.05, 3.63) is 0 Å². The minimum absolute atomic E-state index is 0.661. The third-order valence-electron chi connectivity index (χ3n) is 4.43. The van der Waals surface area contributed by atoms with E-state index in [1.165, 1.54) is 25.8 Å². The van der Waals surface area contributed by atoms with E-state index in [1.807, 2.05) is 0 Å². The molecule has 0 radical (unpaired) electrons. The molecule has 2 aliphatic rings. The maximum Gasteiger partial charge on any atom is 0.0594 e. The molecule has 1 unspecified atom stereocenters. The predicted molar refractivity (Wildman–Crippen MR) is 81.0 cm³/mol. The van der Waals surface area contributed by atoms with Crippen LogP contribution in [0.25, 0.3) is 0 Å². The van der Waals surface area contributed by atoms with Crippen LogP contribution in [0.3, 0.4) is 0 Å². The highest BCUT2D eigenvalue weighted by Gasteiger charge is 2.20. The summed E-state index contributed by atoms with van der Waals surface area (Å²) in [7, 11) is 0. The van der Waals surface area contributed by atoms with Gasteiger partial charge in [0, 0.05) is 32.2 Å². The molecule has 5 nitrogen and oxygen atoms in total. The van der Waals surface area contributed by atoms with E-state index in [-0.39, 0.29) is 0 Å². The number of nitrogens with two attached hydrogens (primary N) is 1. The van der Waals surface area contributed by atoms with Crippen LogP contribution in [-0.4, -0.2) is 81.5 Å². The lowest BCUT2D eigenvalue weighted by atomic mass is 10.0. The molecule has 2 heterocycles. The summed E-state index contributed by atoms with van der Waals surface area (Å²) in [6.07, 6.45) is 5.00. The molecule has 20 heavy (non-hydrogen) atoms. The molecule has 2 aliphatic heterocycles. The van der Waals surface area contributed by atoms with Crippen molar-refractivity contribution in [2.24, 2.45) is 5.73 Å². The Labute approximate surface area is 123 Å². The summed E-state index contributed by atoms with van der Waals surface area (Å²) in [6.45, 7) is 9.97. The highest BCUT2D eigenvalue weighted by atomic mass is 16.5. The van der Waals surface area contributed by atoms with Gasteiger partial charge in [0.1, 0.15) is 0 Å². The SMILES string of the molecule is NCCC(CCCCN1CCOCC1)N1CCOCC1. The lowest BCUT2D eigenvalue weighted by Gasteiger charge is -2.34. The summed E-state index contributed by atoms with van der Waals surface area (Å²) in [5.74, 6) is 0. The van der Waals surface area contributed by atoms with Crippen molar-refractivity contribution >= 4 is 0 Å². The van der Waals surface area contributed by atoms with E-state index in [0.29, 0.717) is 6.04 Å². The van der Waals surface area contributed by atoms with Crippen LogP contribution in [0.15, 0.2) is 0 Å². The Bertz CT molecular complexity index is 241. The highest BCUT2D eigenvalue weighted by molar-refractivity contribution is 4.75. The number of hydrogen-bond donors (Lipinski definition) is 1. The molecule has 2 N–H and O–H groups in total. The van der Waals surface area contributed by atoms with Gasteiger partial charge in [0.15, 0.2) is 0 Å². The molecule has 0 bridgehead atoms. The van der Waals surface area contributed by atoms with Gasteiger partial charge in [-0.15, -0.1) is 0 Å². The molecule has 1 atom stereocenters. The molecule has 0 amide bonds. The Morgan fingerprint density at radius 1 is 0.850 bits per heavy atom. The largest absolute Gasteiger partial charge is 0.379 e. The fraction of sp³-hybridized carbons (Fsp3) is 1.00. The van der Waals surface area contributed by atoms with Crippen molar-refractivity contribution in [2.75, 3.05) is 65.7 Å². The fourth-order valence-electron chi connectivity index (χ4n) is 3.18. The third-order valence-corrected chi connectivity index (χ3v) is 4.43. The van der Waals surface area contributed by atoms with Crippen LogP contribution < -0.4 is 5.73 Å². The van der Waals surface area contributed by atoms with Crippen LogP contribution >= 0.6 is 0 Å². The summed E-state index contributed by atoms with van der Waals surface area (Å²) in [4.78, 5) is 5.10. The smallest absolute Gasteiger partial charge is 0.0594 e. The molecule has 0 spiro atoms. The fourth-order valence-corrected chi connectivity index (χ4v) is 3.18. The summed E-state index contributed by atoms with van der Waals surface area (Å²) < 4.78 is 10.8. The maximum absolute atomic E-state index is 5.78. The molecule has 2 saturated heterocycles. The summed E-state index contributed by atoms with van der Waals surface area (Å²) in [6, 6.07) is 0.661. The van der Waals surface area contributed by atoms with Crippen LogP contribution in [-0.2, 0) is 9.47 Å². The zero-order chi connectivity index (χ0) is 14.0. The number of unbranched alkanes of at least 4 members (excludes halogenated alkanes) is 1. The van der Waals surface area contributed by atoms with Gasteiger partial charge in [0.25, 0.3) is 0 Å². The molecular formula is C15H31N3O2. The van der Waals surface area contributed by atoms with Crippen LogP contribution in [0.4, 0.5) is 0 Å². The van der Waals surface area contributed by atoms with E-state index in [9.17, 15) is 0 Å². The number of nitrogens with zero attached hydrogens (tertiary/aromatic N) is 2. The second kappa shape index (κ2) is 9.68. The standard InChI is InChI=1S/C15H31N3O2/c16-5-4-15(18-9-13-20-14-10-18)3-1-2-6-17-7-11-19-12-8-17/h15H,1-14,16H2. The normalized spacial score (nSPS) is 23.9. The first-order valence-electron chi connectivity index (χ1n) is 8.22. The number of morpholine rings is 2. The second-order valence-electron chi connectivity index (χ2n) is 5.83. The molecule has 0 saturated carbocycles. The van der Waals surface area contributed by atoms with Gasteiger partial charge in [0.2, 0.25) is 0 Å². The molecule has 0 aromatic rings. The van der Waals surface area contributed by atoms with Gasteiger partial charge >= 0.3 is 0 Å². The average Bonchev–Trinajstić information content (AvgIpc) is 2.52. The van der Waals surface area contributed by atoms with Gasteiger partial charge in [-0.2, -0.15) is 0 Å². The topological polar surface area (TPSA) is 51.0 Å². The van der Waals surface area contributed by atoms with Crippen molar-refractivity contribution in [3.63, 3.8) is 0 Å². The van der Waals surface area contributed by atoms with Gasteiger partial charge in [-0.3, -0.25) is 9.80 Å². The Balaban J connectivity index is 1.60. The molecule has 0 aromatic carbocycles. The summed E-state index contributed by atoms with van der Waals surface area (Å²) >= 11 is 0. The van der Waals surface area contributed by atoms with E-state index in [2.05, 4.69) is 9.80 Å². The van der Waals surface area contributed by atoms with Gasteiger partial charge in [-0.05, 0) is 32.4 Å². The summed E-state index contributed by atoms with van der Waals surface area (Å²) in [5, 5.41) is 0.